The fourth-order valence-electron chi connectivity index (χ4n) is 2.87. The molecule has 5 nitrogen and oxygen atoms in total. The van der Waals surface area contributed by atoms with Gasteiger partial charge in [0.2, 0.25) is 0 Å². The number of hydrogen-bond donors (Lipinski definition) is 0. The molecule has 1 aliphatic rings. The van der Waals surface area contributed by atoms with E-state index in [4.69, 9.17) is 9.47 Å². The Morgan fingerprint density at radius 3 is 2.57 bits per heavy atom. The molecule has 2 aromatic rings. The van der Waals surface area contributed by atoms with Gasteiger partial charge in [0, 0.05) is 0 Å². The SMILES string of the molecule is CCCOc1c(Br)cc(/C=C2\C(=O)N(c3ccccc3)N=C2C)cc1OCC. The van der Waals surface area contributed by atoms with Crippen LogP contribution >= 0.6 is 15.9 Å². The van der Waals surface area contributed by atoms with Crippen molar-refractivity contribution in [3.05, 3.63) is 58.1 Å². The molecule has 1 amide bonds. The molecule has 146 valence electrons. The molecule has 0 fully saturated rings. The zero-order valence-corrected chi connectivity index (χ0v) is 17.8. The summed E-state index contributed by atoms with van der Waals surface area (Å²) < 4.78 is 12.4. The minimum absolute atomic E-state index is 0.149. The van der Waals surface area contributed by atoms with Crippen LogP contribution in [0.4, 0.5) is 5.69 Å². The first-order chi connectivity index (χ1) is 13.5. The Bertz CT molecular complexity index is 923. The standard InChI is InChI=1S/C22H23BrN2O3/c1-4-11-28-21-19(23)13-16(14-20(21)27-5-2)12-18-15(3)24-25(22(18)26)17-9-7-6-8-10-17/h6-10,12-14H,4-5,11H2,1-3H3/b18-12-. The Hall–Kier alpha value is -2.60. The van der Waals surface area contributed by atoms with Crippen molar-refractivity contribution in [2.45, 2.75) is 27.2 Å². The van der Waals surface area contributed by atoms with Crippen LogP contribution in [0.1, 0.15) is 32.8 Å². The van der Waals surface area contributed by atoms with E-state index in [-0.39, 0.29) is 5.91 Å². The smallest absolute Gasteiger partial charge is 0.280 e. The zero-order chi connectivity index (χ0) is 20.1. The molecule has 0 saturated carbocycles. The second-order valence-corrected chi connectivity index (χ2v) is 7.16. The number of amides is 1. The van der Waals surface area contributed by atoms with Gasteiger partial charge in [0.1, 0.15) is 0 Å². The minimum atomic E-state index is -0.149. The second-order valence-electron chi connectivity index (χ2n) is 6.31. The van der Waals surface area contributed by atoms with E-state index >= 15 is 0 Å². The summed E-state index contributed by atoms with van der Waals surface area (Å²) in [4.78, 5) is 12.9. The average molecular weight is 443 g/mol. The van der Waals surface area contributed by atoms with Crippen molar-refractivity contribution in [1.29, 1.82) is 0 Å². The van der Waals surface area contributed by atoms with Crippen LogP contribution in [0.15, 0.2) is 57.6 Å². The number of hydrogen-bond acceptors (Lipinski definition) is 4. The lowest BCUT2D eigenvalue weighted by Crippen LogP contribution is -2.21. The van der Waals surface area contributed by atoms with E-state index in [1.54, 1.807) is 0 Å². The average Bonchev–Trinajstić information content (AvgIpc) is 2.96. The van der Waals surface area contributed by atoms with E-state index in [0.717, 1.165) is 22.1 Å². The van der Waals surface area contributed by atoms with E-state index in [9.17, 15) is 4.79 Å². The van der Waals surface area contributed by atoms with Gasteiger partial charge in [-0.3, -0.25) is 4.79 Å². The van der Waals surface area contributed by atoms with Gasteiger partial charge in [0.25, 0.3) is 5.91 Å². The van der Waals surface area contributed by atoms with Crippen LogP contribution in [0.5, 0.6) is 11.5 Å². The van der Waals surface area contributed by atoms with Crippen LogP contribution in [-0.4, -0.2) is 24.8 Å². The number of carbonyl (C=O) groups is 1. The fraction of sp³-hybridized carbons (Fsp3) is 0.273. The van der Waals surface area contributed by atoms with Crippen molar-refractivity contribution in [2.75, 3.05) is 18.2 Å². The molecule has 3 rings (SSSR count). The predicted octanol–water partition coefficient (Wildman–Crippen LogP) is 5.44. The molecule has 0 aliphatic carbocycles. The number of anilines is 1. The summed E-state index contributed by atoms with van der Waals surface area (Å²) in [7, 11) is 0. The Kier molecular flexibility index (Phi) is 6.52. The predicted molar refractivity (Wildman–Crippen MR) is 116 cm³/mol. The maximum Gasteiger partial charge on any atom is 0.280 e. The van der Waals surface area contributed by atoms with E-state index < -0.39 is 0 Å². The van der Waals surface area contributed by atoms with Crippen molar-refractivity contribution in [2.24, 2.45) is 5.10 Å². The summed E-state index contributed by atoms with van der Waals surface area (Å²) in [6.45, 7) is 6.95. The first kappa shape index (κ1) is 20.1. The first-order valence-electron chi connectivity index (χ1n) is 9.31. The van der Waals surface area contributed by atoms with Crippen molar-refractivity contribution in [3.8, 4) is 11.5 Å². The van der Waals surface area contributed by atoms with Gasteiger partial charge < -0.3 is 9.47 Å². The maximum absolute atomic E-state index is 12.9. The number of rotatable bonds is 7. The van der Waals surface area contributed by atoms with E-state index in [1.165, 1.54) is 5.01 Å². The second kappa shape index (κ2) is 9.06. The highest BCUT2D eigenvalue weighted by Crippen LogP contribution is 2.38. The van der Waals surface area contributed by atoms with Gasteiger partial charge in [-0.15, -0.1) is 0 Å². The number of para-hydroxylation sites is 1. The summed E-state index contributed by atoms with van der Waals surface area (Å²) in [6.07, 6.45) is 2.74. The number of hydrazone groups is 1. The fourth-order valence-corrected chi connectivity index (χ4v) is 3.45. The van der Waals surface area contributed by atoms with Gasteiger partial charge in [-0.2, -0.15) is 10.1 Å². The van der Waals surface area contributed by atoms with Gasteiger partial charge in [-0.05, 0) is 72.1 Å². The molecule has 1 heterocycles. The molecule has 2 aromatic carbocycles. The molecule has 28 heavy (non-hydrogen) atoms. The van der Waals surface area contributed by atoms with E-state index in [1.807, 2.05) is 62.4 Å². The Labute approximate surface area is 173 Å². The third-order valence-electron chi connectivity index (χ3n) is 4.16. The molecule has 6 heteroatoms. The highest BCUT2D eigenvalue weighted by atomic mass is 79.9. The largest absolute Gasteiger partial charge is 0.490 e. The quantitative estimate of drug-likeness (QED) is 0.536. The Morgan fingerprint density at radius 2 is 1.89 bits per heavy atom. The summed E-state index contributed by atoms with van der Waals surface area (Å²) >= 11 is 3.57. The molecular formula is C22H23BrN2O3. The molecule has 0 bridgehead atoms. The van der Waals surface area contributed by atoms with Crippen LogP contribution in [0.25, 0.3) is 6.08 Å². The number of ether oxygens (including phenoxy) is 2. The number of carbonyl (C=O) groups excluding carboxylic acids is 1. The Morgan fingerprint density at radius 1 is 1.14 bits per heavy atom. The minimum Gasteiger partial charge on any atom is -0.490 e. The summed E-state index contributed by atoms with van der Waals surface area (Å²) in [6, 6.07) is 13.2. The molecular weight excluding hydrogens is 420 g/mol. The summed E-state index contributed by atoms with van der Waals surface area (Å²) in [5.41, 5.74) is 2.82. The topological polar surface area (TPSA) is 51.1 Å². The summed E-state index contributed by atoms with van der Waals surface area (Å²) in [5, 5.41) is 5.85. The number of halogens is 1. The monoisotopic (exact) mass is 442 g/mol. The molecule has 0 saturated heterocycles. The molecule has 0 atom stereocenters. The lowest BCUT2D eigenvalue weighted by molar-refractivity contribution is -0.114. The van der Waals surface area contributed by atoms with Gasteiger partial charge in [-0.25, -0.2) is 0 Å². The molecule has 0 aromatic heterocycles. The summed E-state index contributed by atoms with van der Waals surface area (Å²) in [5.74, 6) is 1.18. The number of nitrogens with zero attached hydrogens (tertiary/aromatic N) is 2. The third kappa shape index (κ3) is 4.28. The lowest BCUT2D eigenvalue weighted by Gasteiger charge is -2.14. The zero-order valence-electron chi connectivity index (χ0n) is 16.2. The van der Waals surface area contributed by atoms with Gasteiger partial charge in [0.05, 0.1) is 34.7 Å². The maximum atomic E-state index is 12.9. The van der Waals surface area contributed by atoms with Crippen LogP contribution < -0.4 is 14.5 Å². The first-order valence-corrected chi connectivity index (χ1v) is 10.1. The van der Waals surface area contributed by atoms with Crippen LogP contribution in [0.2, 0.25) is 0 Å². The van der Waals surface area contributed by atoms with Crippen LogP contribution in [0.3, 0.4) is 0 Å². The van der Waals surface area contributed by atoms with Crippen molar-refractivity contribution in [1.82, 2.24) is 0 Å². The molecule has 0 spiro atoms. The number of benzene rings is 2. The third-order valence-corrected chi connectivity index (χ3v) is 4.75. The van der Waals surface area contributed by atoms with Crippen molar-refractivity contribution >= 4 is 39.3 Å². The van der Waals surface area contributed by atoms with E-state index in [0.29, 0.717) is 36.0 Å². The molecule has 0 N–H and O–H groups in total. The Balaban J connectivity index is 1.95. The van der Waals surface area contributed by atoms with Crippen molar-refractivity contribution < 1.29 is 14.3 Å². The molecule has 1 aliphatic heterocycles. The normalized spacial score (nSPS) is 15.1. The van der Waals surface area contributed by atoms with Gasteiger partial charge in [-0.1, -0.05) is 25.1 Å². The van der Waals surface area contributed by atoms with Gasteiger partial charge >= 0.3 is 0 Å². The van der Waals surface area contributed by atoms with E-state index in [2.05, 4.69) is 28.0 Å². The molecule has 0 unspecified atom stereocenters. The highest BCUT2D eigenvalue weighted by molar-refractivity contribution is 9.10. The van der Waals surface area contributed by atoms with Gasteiger partial charge in [0.15, 0.2) is 11.5 Å². The van der Waals surface area contributed by atoms with Crippen LogP contribution in [-0.2, 0) is 4.79 Å². The molecule has 0 radical (unpaired) electrons. The lowest BCUT2D eigenvalue weighted by atomic mass is 10.1. The highest BCUT2D eigenvalue weighted by Gasteiger charge is 2.28. The van der Waals surface area contributed by atoms with Crippen molar-refractivity contribution in [3.63, 3.8) is 0 Å². The van der Waals surface area contributed by atoms with Crippen LogP contribution in [0, 0.1) is 0 Å².